The van der Waals surface area contributed by atoms with E-state index in [-0.39, 0.29) is 31.4 Å². The molecule has 2 aliphatic rings. The SMILES string of the molecule is CS(=O)(=O)N1CCN(C(=O)c2ccc(C#N)cc2)CC1C(=O)NC1CCCNC1=O. The van der Waals surface area contributed by atoms with Crippen LogP contribution in [0, 0.1) is 11.3 Å². The van der Waals surface area contributed by atoms with E-state index in [0.29, 0.717) is 30.5 Å². The molecule has 0 aliphatic carbocycles. The fourth-order valence-electron chi connectivity index (χ4n) is 3.61. The van der Waals surface area contributed by atoms with Crippen LogP contribution in [0.2, 0.25) is 0 Å². The largest absolute Gasteiger partial charge is 0.354 e. The summed E-state index contributed by atoms with van der Waals surface area (Å²) in [5.41, 5.74) is 0.754. The molecule has 0 bridgehead atoms. The highest BCUT2D eigenvalue weighted by atomic mass is 32.2. The van der Waals surface area contributed by atoms with Crippen molar-refractivity contribution in [3.8, 4) is 6.07 Å². The highest BCUT2D eigenvalue weighted by molar-refractivity contribution is 7.88. The van der Waals surface area contributed by atoms with Crippen molar-refractivity contribution in [3.63, 3.8) is 0 Å². The number of nitrogens with one attached hydrogen (secondary N) is 2. The van der Waals surface area contributed by atoms with Crippen molar-refractivity contribution in [1.82, 2.24) is 19.8 Å². The van der Waals surface area contributed by atoms with Gasteiger partial charge < -0.3 is 15.5 Å². The lowest BCUT2D eigenvalue weighted by Gasteiger charge is -2.39. The third kappa shape index (κ3) is 4.77. The number of piperazine rings is 1. The number of amides is 3. The van der Waals surface area contributed by atoms with Gasteiger partial charge in [0.1, 0.15) is 12.1 Å². The Bertz CT molecular complexity index is 986. The van der Waals surface area contributed by atoms with Crippen molar-refractivity contribution < 1.29 is 22.8 Å². The topological polar surface area (TPSA) is 140 Å². The lowest BCUT2D eigenvalue weighted by molar-refractivity contribution is -0.132. The average molecular weight is 433 g/mol. The van der Waals surface area contributed by atoms with Crippen LogP contribution in [0.25, 0.3) is 0 Å². The van der Waals surface area contributed by atoms with Crippen LogP contribution in [0.5, 0.6) is 0 Å². The van der Waals surface area contributed by atoms with Crippen molar-refractivity contribution in [2.24, 2.45) is 0 Å². The van der Waals surface area contributed by atoms with Crippen LogP contribution in [0.1, 0.15) is 28.8 Å². The van der Waals surface area contributed by atoms with Gasteiger partial charge in [-0.25, -0.2) is 8.42 Å². The van der Waals surface area contributed by atoms with Crippen LogP contribution in [0.3, 0.4) is 0 Å². The van der Waals surface area contributed by atoms with Gasteiger partial charge in [-0.3, -0.25) is 14.4 Å². The van der Waals surface area contributed by atoms with Gasteiger partial charge in [0.25, 0.3) is 5.91 Å². The summed E-state index contributed by atoms with van der Waals surface area (Å²) in [5.74, 6) is -1.28. The Hall–Kier alpha value is -2.97. The van der Waals surface area contributed by atoms with Gasteiger partial charge in [0.05, 0.1) is 17.9 Å². The fourth-order valence-corrected chi connectivity index (χ4v) is 4.65. The monoisotopic (exact) mass is 433 g/mol. The second kappa shape index (κ2) is 8.81. The van der Waals surface area contributed by atoms with Gasteiger partial charge in [-0.15, -0.1) is 0 Å². The molecule has 0 spiro atoms. The number of carbonyl (C=O) groups is 3. The number of sulfonamides is 1. The molecular weight excluding hydrogens is 410 g/mol. The molecule has 2 saturated heterocycles. The Kier molecular flexibility index (Phi) is 6.38. The van der Waals surface area contributed by atoms with Gasteiger partial charge in [0.15, 0.2) is 0 Å². The summed E-state index contributed by atoms with van der Waals surface area (Å²) in [4.78, 5) is 39.1. The number of nitriles is 1. The Morgan fingerprint density at radius 2 is 1.93 bits per heavy atom. The first kappa shape index (κ1) is 21.7. The molecule has 2 aliphatic heterocycles. The molecule has 0 radical (unpaired) electrons. The minimum Gasteiger partial charge on any atom is -0.354 e. The minimum atomic E-state index is -3.70. The summed E-state index contributed by atoms with van der Waals surface area (Å²) in [6, 6.07) is 6.19. The molecule has 11 heteroatoms. The quantitative estimate of drug-likeness (QED) is 0.627. The number of hydrogen-bond acceptors (Lipinski definition) is 6. The summed E-state index contributed by atoms with van der Waals surface area (Å²) in [6.45, 7) is 0.498. The summed E-state index contributed by atoms with van der Waals surface area (Å²) >= 11 is 0. The lowest BCUT2D eigenvalue weighted by atomic mass is 10.1. The van der Waals surface area contributed by atoms with E-state index < -0.39 is 28.0 Å². The molecule has 2 N–H and O–H groups in total. The first-order valence-corrected chi connectivity index (χ1v) is 11.4. The Morgan fingerprint density at radius 1 is 1.23 bits per heavy atom. The number of piperidine rings is 1. The molecule has 160 valence electrons. The predicted octanol–water partition coefficient (Wildman–Crippen LogP) is -0.961. The van der Waals surface area contributed by atoms with E-state index in [1.165, 1.54) is 29.2 Å². The predicted molar refractivity (Wildman–Crippen MR) is 107 cm³/mol. The van der Waals surface area contributed by atoms with Gasteiger partial charge in [0.2, 0.25) is 21.8 Å². The van der Waals surface area contributed by atoms with E-state index in [1.54, 1.807) is 0 Å². The van der Waals surface area contributed by atoms with Crippen LogP contribution in [0.4, 0.5) is 0 Å². The smallest absolute Gasteiger partial charge is 0.253 e. The van der Waals surface area contributed by atoms with E-state index in [1.807, 2.05) is 6.07 Å². The number of rotatable bonds is 4. The molecule has 2 unspecified atom stereocenters. The van der Waals surface area contributed by atoms with E-state index in [9.17, 15) is 22.8 Å². The maximum absolute atomic E-state index is 12.9. The summed E-state index contributed by atoms with van der Waals surface area (Å²) < 4.78 is 25.5. The number of carbonyl (C=O) groups excluding carboxylic acids is 3. The summed E-state index contributed by atoms with van der Waals surface area (Å²) in [7, 11) is -3.70. The number of nitrogens with zero attached hydrogens (tertiary/aromatic N) is 3. The van der Waals surface area contributed by atoms with Crippen LogP contribution in [0.15, 0.2) is 24.3 Å². The van der Waals surface area contributed by atoms with E-state index in [2.05, 4.69) is 10.6 Å². The number of benzene rings is 1. The van der Waals surface area contributed by atoms with Crippen LogP contribution < -0.4 is 10.6 Å². The standard InChI is InChI=1S/C19H23N5O5S/c1-30(28,29)24-10-9-23(19(27)14-6-4-13(11-20)5-7-14)12-16(24)18(26)22-15-3-2-8-21-17(15)25/h4-7,15-16H,2-3,8-10,12H2,1H3,(H,21,25)(H,22,26). The van der Waals surface area contributed by atoms with Gasteiger partial charge in [-0.2, -0.15) is 9.57 Å². The third-order valence-electron chi connectivity index (χ3n) is 5.21. The molecule has 10 nitrogen and oxygen atoms in total. The fraction of sp³-hybridized carbons (Fsp3) is 0.474. The van der Waals surface area contributed by atoms with Gasteiger partial charge in [0, 0.05) is 31.7 Å². The zero-order chi connectivity index (χ0) is 21.9. The van der Waals surface area contributed by atoms with Crippen molar-refractivity contribution >= 4 is 27.7 Å². The second-order valence-corrected chi connectivity index (χ2v) is 9.26. The maximum atomic E-state index is 12.9. The molecule has 0 saturated carbocycles. The molecule has 3 rings (SSSR count). The zero-order valence-electron chi connectivity index (χ0n) is 16.5. The zero-order valence-corrected chi connectivity index (χ0v) is 17.3. The molecular formula is C19H23N5O5S. The molecule has 2 fully saturated rings. The lowest BCUT2D eigenvalue weighted by Crippen LogP contribution is -2.63. The molecule has 1 aromatic rings. The van der Waals surface area contributed by atoms with Crippen LogP contribution in [-0.2, 0) is 19.6 Å². The second-order valence-electron chi connectivity index (χ2n) is 7.32. The molecule has 0 aromatic heterocycles. The molecule has 2 heterocycles. The van der Waals surface area contributed by atoms with Crippen molar-refractivity contribution in [2.75, 3.05) is 32.4 Å². The van der Waals surface area contributed by atoms with E-state index in [4.69, 9.17) is 5.26 Å². The average Bonchev–Trinajstić information content (AvgIpc) is 2.73. The highest BCUT2D eigenvalue weighted by Crippen LogP contribution is 2.18. The number of hydrogen-bond donors (Lipinski definition) is 2. The Balaban J connectivity index is 1.78. The first-order chi connectivity index (χ1) is 14.2. The van der Waals surface area contributed by atoms with Crippen molar-refractivity contribution in [3.05, 3.63) is 35.4 Å². The molecule has 3 amide bonds. The summed E-state index contributed by atoms with van der Waals surface area (Å²) in [5, 5.41) is 14.2. The Labute approximate surface area is 174 Å². The highest BCUT2D eigenvalue weighted by Gasteiger charge is 2.40. The van der Waals surface area contributed by atoms with Crippen molar-refractivity contribution in [1.29, 1.82) is 5.26 Å². The molecule has 2 atom stereocenters. The van der Waals surface area contributed by atoms with Gasteiger partial charge in [-0.1, -0.05) is 0 Å². The van der Waals surface area contributed by atoms with Crippen molar-refractivity contribution in [2.45, 2.75) is 24.9 Å². The third-order valence-corrected chi connectivity index (χ3v) is 6.50. The van der Waals surface area contributed by atoms with Crippen LogP contribution in [-0.4, -0.2) is 79.9 Å². The summed E-state index contributed by atoms with van der Waals surface area (Å²) in [6.07, 6.45) is 2.19. The first-order valence-electron chi connectivity index (χ1n) is 9.55. The van der Waals surface area contributed by atoms with E-state index >= 15 is 0 Å². The van der Waals surface area contributed by atoms with E-state index in [0.717, 1.165) is 10.6 Å². The molecule has 1 aromatic carbocycles. The molecule has 30 heavy (non-hydrogen) atoms. The van der Waals surface area contributed by atoms with Gasteiger partial charge >= 0.3 is 0 Å². The minimum absolute atomic E-state index is 0.0319. The van der Waals surface area contributed by atoms with Crippen LogP contribution >= 0.6 is 0 Å². The Morgan fingerprint density at radius 3 is 2.53 bits per heavy atom. The maximum Gasteiger partial charge on any atom is 0.253 e. The normalized spacial score (nSPS) is 22.7. The van der Waals surface area contributed by atoms with Gasteiger partial charge in [-0.05, 0) is 37.1 Å².